The third-order valence-electron chi connectivity index (χ3n) is 3.73. The molecule has 6 nitrogen and oxygen atoms in total. The number of rotatable bonds is 5. The molecular weight excluding hydrogens is 367 g/mol. The molecule has 0 spiro atoms. The maximum absolute atomic E-state index is 13.1. The van der Waals surface area contributed by atoms with Crippen molar-refractivity contribution in [3.63, 3.8) is 0 Å². The molecule has 1 aromatic carbocycles. The Labute approximate surface area is 144 Å². The van der Waals surface area contributed by atoms with E-state index in [-0.39, 0.29) is 25.2 Å². The summed E-state index contributed by atoms with van der Waals surface area (Å²) in [5.74, 6) is -2.56. The fourth-order valence-electron chi connectivity index (χ4n) is 2.46. The highest BCUT2D eigenvalue weighted by atomic mass is 19.4. The molecule has 2 amide bonds. The van der Waals surface area contributed by atoms with E-state index in [4.69, 9.17) is 5.11 Å². The number of carboxylic acids is 1. The summed E-state index contributed by atoms with van der Waals surface area (Å²) >= 11 is 0. The molecule has 0 saturated carbocycles. The molecule has 0 aliphatic carbocycles. The van der Waals surface area contributed by atoms with Gasteiger partial charge in [0.15, 0.2) is 0 Å². The number of nitrogens with one attached hydrogen (secondary N) is 1. The number of hydrogen-bond donors (Lipinski definition) is 2. The Kier molecular flexibility index (Phi) is 5.88. The van der Waals surface area contributed by atoms with E-state index in [0.29, 0.717) is 6.07 Å². The van der Waals surface area contributed by atoms with Gasteiger partial charge in [-0.1, -0.05) is 0 Å². The number of anilines is 1. The second-order valence-corrected chi connectivity index (χ2v) is 5.61. The number of urea groups is 1. The molecule has 1 aliphatic heterocycles. The molecule has 2 N–H and O–H groups in total. The number of halogens is 5. The predicted molar refractivity (Wildman–Crippen MR) is 79.3 cm³/mol. The Bertz CT molecular complexity index is 680. The largest absolute Gasteiger partial charge is 0.487 e. The van der Waals surface area contributed by atoms with Crippen LogP contribution >= 0.6 is 0 Å². The van der Waals surface area contributed by atoms with Crippen LogP contribution < -0.4 is 10.1 Å². The van der Waals surface area contributed by atoms with Crippen LogP contribution in [0.3, 0.4) is 0 Å². The highest BCUT2D eigenvalue weighted by Crippen LogP contribution is 2.38. The molecule has 2 rings (SSSR count). The van der Waals surface area contributed by atoms with Gasteiger partial charge in [-0.05, 0) is 24.6 Å². The van der Waals surface area contributed by atoms with Crippen molar-refractivity contribution in [3.8, 4) is 5.75 Å². The van der Waals surface area contributed by atoms with E-state index in [1.807, 2.05) is 0 Å². The third-order valence-corrected chi connectivity index (χ3v) is 3.73. The van der Waals surface area contributed by atoms with Crippen LogP contribution in [0.25, 0.3) is 0 Å². The first-order chi connectivity index (χ1) is 12.1. The number of alkyl halides is 5. The van der Waals surface area contributed by atoms with Crippen LogP contribution in [0.2, 0.25) is 0 Å². The predicted octanol–water partition coefficient (Wildman–Crippen LogP) is 3.29. The zero-order valence-corrected chi connectivity index (χ0v) is 13.2. The van der Waals surface area contributed by atoms with Crippen molar-refractivity contribution in [1.82, 2.24) is 4.90 Å². The van der Waals surface area contributed by atoms with Crippen LogP contribution in [-0.4, -0.2) is 48.1 Å². The molecule has 1 unspecified atom stereocenters. The summed E-state index contributed by atoms with van der Waals surface area (Å²) in [6.07, 6.45) is -7.56. The van der Waals surface area contributed by atoms with Crippen molar-refractivity contribution >= 4 is 17.7 Å². The number of carbonyl (C=O) groups is 2. The number of amides is 2. The van der Waals surface area contributed by atoms with E-state index in [2.05, 4.69) is 10.1 Å². The topological polar surface area (TPSA) is 78.9 Å². The number of hydrogen-bond acceptors (Lipinski definition) is 3. The molecule has 0 bridgehead atoms. The summed E-state index contributed by atoms with van der Waals surface area (Å²) in [4.78, 5) is 24.1. The molecule has 1 heterocycles. The number of nitrogens with zero attached hydrogens (tertiary/aromatic N) is 1. The molecule has 1 aliphatic rings. The first-order valence-corrected chi connectivity index (χ1v) is 7.49. The zero-order valence-electron chi connectivity index (χ0n) is 13.2. The minimum Gasteiger partial charge on any atom is -0.487 e. The summed E-state index contributed by atoms with van der Waals surface area (Å²) in [7, 11) is 0. The minimum atomic E-state index is -4.87. The van der Waals surface area contributed by atoms with E-state index in [1.165, 1.54) is 4.90 Å². The molecule has 26 heavy (non-hydrogen) atoms. The summed E-state index contributed by atoms with van der Waals surface area (Å²) < 4.78 is 68.0. The molecule has 144 valence electrons. The molecule has 1 atom stereocenters. The van der Waals surface area contributed by atoms with Crippen LogP contribution in [-0.2, 0) is 11.0 Å². The second kappa shape index (κ2) is 7.75. The third kappa shape index (κ3) is 4.96. The van der Waals surface area contributed by atoms with Gasteiger partial charge in [-0.25, -0.2) is 13.6 Å². The van der Waals surface area contributed by atoms with Gasteiger partial charge in [-0.2, -0.15) is 13.2 Å². The lowest BCUT2D eigenvalue weighted by atomic mass is 10.1. The van der Waals surface area contributed by atoms with Gasteiger partial charge in [0, 0.05) is 18.8 Å². The second-order valence-electron chi connectivity index (χ2n) is 5.61. The van der Waals surface area contributed by atoms with Crippen molar-refractivity contribution in [2.75, 3.05) is 25.0 Å². The van der Waals surface area contributed by atoms with Crippen LogP contribution in [0.15, 0.2) is 18.2 Å². The number of aliphatic carboxylic acids is 1. The summed E-state index contributed by atoms with van der Waals surface area (Å²) in [6, 6.07) is 1.75. The monoisotopic (exact) mass is 382 g/mol. The average molecular weight is 382 g/mol. The fourth-order valence-corrected chi connectivity index (χ4v) is 2.46. The molecule has 0 radical (unpaired) electrons. The van der Waals surface area contributed by atoms with Crippen LogP contribution in [0.4, 0.5) is 32.4 Å². The van der Waals surface area contributed by atoms with Gasteiger partial charge in [-0.15, -0.1) is 0 Å². The molecule has 0 aromatic heterocycles. The first-order valence-electron chi connectivity index (χ1n) is 7.49. The van der Waals surface area contributed by atoms with E-state index in [0.717, 1.165) is 12.1 Å². The highest BCUT2D eigenvalue weighted by Gasteiger charge is 2.35. The van der Waals surface area contributed by atoms with Gasteiger partial charge in [0.2, 0.25) is 0 Å². The summed E-state index contributed by atoms with van der Waals surface area (Å²) in [5.41, 5.74) is -1.52. The van der Waals surface area contributed by atoms with Crippen LogP contribution in [0.1, 0.15) is 12.0 Å². The standard InChI is InChI=1S/C15H15F5N2O4/c16-12(17)7-26-11-2-1-9(5-10(11)15(18,19)20)21-14(25)22-4-3-8(6-22)13(23)24/h1-2,5,8,12H,3-4,6-7H2,(H,21,25)(H,23,24). The fraction of sp³-hybridized carbons (Fsp3) is 0.467. The van der Waals surface area contributed by atoms with E-state index in [9.17, 15) is 31.5 Å². The van der Waals surface area contributed by atoms with Crippen molar-refractivity contribution in [2.24, 2.45) is 5.92 Å². The molecule has 1 aromatic rings. The lowest BCUT2D eigenvalue weighted by Gasteiger charge is -2.19. The zero-order chi connectivity index (χ0) is 19.5. The van der Waals surface area contributed by atoms with Crippen molar-refractivity contribution in [2.45, 2.75) is 19.0 Å². The van der Waals surface area contributed by atoms with Gasteiger partial charge in [0.1, 0.15) is 12.4 Å². The van der Waals surface area contributed by atoms with Crippen LogP contribution in [0, 0.1) is 5.92 Å². The quantitative estimate of drug-likeness (QED) is 0.766. The van der Waals surface area contributed by atoms with E-state index >= 15 is 0 Å². The minimum absolute atomic E-state index is 0.0527. The maximum atomic E-state index is 13.1. The Hall–Kier alpha value is -2.59. The Morgan fingerprint density at radius 2 is 2.04 bits per heavy atom. The highest BCUT2D eigenvalue weighted by molar-refractivity contribution is 5.90. The first kappa shape index (κ1) is 19.7. The number of carboxylic acid groups (broad SMARTS) is 1. The SMILES string of the molecule is O=C(O)C1CCN(C(=O)Nc2ccc(OCC(F)F)c(C(F)(F)F)c2)C1. The maximum Gasteiger partial charge on any atom is 0.420 e. The van der Waals surface area contributed by atoms with Crippen LogP contribution in [0.5, 0.6) is 5.75 Å². The van der Waals surface area contributed by atoms with Gasteiger partial charge in [0.05, 0.1) is 11.5 Å². The smallest absolute Gasteiger partial charge is 0.420 e. The molecule has 1 saturated heterocycles. The van der Waals surface area contributed by atoms with Gasteiger partial charge < -0.3 is 20.1 Å². The average Bonchev–Trinajstić information content (AvgIpc) is 3.03. The molecular formula is C15H15F5N2O4. The number of ether oxygens (including phenoxy) is 1. The number of benzene rings is 1. The Morgan fingerprint density at radius 3 is 2.58 bits per heavy atom. The number of likely N-dealkylation sites (tertiary alicyclic amines) is 1. The van der Waals surface area contributed by atoms with E-state index < -0.39 is 48.4 Å². The van der Waals surface area contributed by atoms with Gasteiger partial charge in [-0.3, -0.25) is 4.79 Å². The van der Waals surface area contributed by atoms with Gasteiger partial charge in [0.25, 0.3) is 6.43 Å². The van der Waals surface area contributed by atoms with Crippen molar-refractivity contribution in [1.29, 1.82) is 0 Å². The number of carbonyl (C=O) groups excluding carboxylic acids is 1. The lowest BCUT2D eigenvalue weighted by molar-refractivity contribution is -0.141. The lowest BCUT2D eigenvalue weighted by Crippen LogP contribution is -2.33. The Balaban J connectivity index is 2.12. The van der Waals surface area contributed by atoms with E-state index in [1.54, 1.807) is 0 Å². The molecule has 1 fully saturated rings. The Morgan fingerprint density at radius 1 is 1.35 bits per heavy atom. The van der Waals surface area contributed by atoms with Gasteiger partial charge >= 0.3 is 18.2 Å². The summed E-state index contributed by atoms with van der Waals surface area (Å²) in [5, 5.41) is 11.1. The van der Waals surface area contributed by atoms with Crippen molar-refractivity contribution < 1.29 is 41.4 Å². The van der Waals surface area contributed by atoms with Crippen molar-refractivity contribution in [3.05, 3.63) is 23.8 Å². The molecule has 11 heteroatoms. The normalized spacial score (nSPS) is 17.5. The summed E-state index contributed by atoms with van der Waals surface area (Å²) in [6.45, 7) is -1.09.